The first-order chi connectivity index (χ1) is 9.56. The van der Waals surface area contributed by atoms with Crippen LogP contribution in [-0.2, 0) is 0 Å². The Morgan fingerprint density at radius 1 is 0.800 bits per heavy atom. The van der Waals surface area contributed by atoms with Crippen LogP contribution in [0.15, 0.2) is 42.5 Å². The first kappa shape index (κ1) is 12.9. The van der Waals surface area contributed by atoms with E-state index in [1.807, 2.05) is 0 Å². The summed E-state index contributed by atoms with van der Waals surface area (Å²) in [6, 6.07) is 15.1. The molecule has 1 heteroatoms. The lowest BCUT2D eigenvalue weighted by Gasteiger charge is -2.11. The molecule has 20 heavy (non-hydrogen) atoms. The topological polar surface area (TPSA) is 12.9 Å². The minimum absolute atomic E-state index is 1.07. The van der Waals surface area contributed by atoms with Crippen LogP contribution in [0.25, 0.3) is 22.2 Å². The minimum Gasteiger partial charge on any atom is -0.248 e. The van der Waals surface area contributed by atoms with Crippen molar-refractivity contribution in [3.05, 3.63) is 64.7 Å². The summed E-state index contributed by atoms with van der Waals surface area (Å²) in [5, 5.41) is 1.24. The summed E-state index contributed by atoms with van der Waals surface area (Å²) in [6.07, 6.45) is 0. The summed E-state index contributed by atoms with van der Waals surface area (Å²) < 4.78 is 0. The predicted octanol–water partition coefficient (Wildman–Crippen LogP) is 5.14. The Balaban J connectivity index is 2.29. The van der Waals surface area contributed by atoms with Gasteiger partial charge in [0.25, 0.3) is 0 Å². The molecule has 0 fully saturated rings. The number of benzene rings is 2. The van der Waals surface area contributed by atoms with Crippen LogP contribution < -0.4 is 0 Å². The first-order valence-corrected chi connectivity index (χ1v) is 7.01. The second kappa shape index (κ2) is 4.75. The van der Waals surface area contributed by atoms with Crippen LogP contribution in [0.1, 0.15) is 22.3 Å². The maximum atomic E-state index is 4.87. The smallest absolute Gasteiger partial charge is 0.0715 e. The molecule has 0 radical (unpaired) electrons. The highest BCUT2D eigenvalue weighted by molar-refractivity contribution is 5.86. The number of hydrogen-bond acceptors (Lipinski definition) is 1. The fourth-order valence-electron chi connectivity index (χ4n) is 2.68. The van der Waals surface area contributed by atoms with Crippen molar-refractivity contribution in [3.8, 4) is 11.3 Å². The van der Waals surface area contributed by atoms with Crippen molar-refractivity contribution in [1.82, 2.24) is 4.98 Å². The fraction of sp³-hybridized carbons (Fsp3) is 0.211. The van der Waals surface area contributed by atoms with Crippen molar-refractivity contribution in [1.29, 1.82) is 0 Å². The number of rotatable bonds is 1. The van der Waals surface area contributed by atoms with E-state index in [1.165, 1.54) is 33.2 Å². The lowest BCUT2D eigenvalue weighted by molar-refractivity contribution is 1.29. The lowest BCUT2D eigenvalue weighted by atomic mass is 9.98. The number of aryl methyl sites for hydroxylation is 3. The highest BCUT2D eigenvalue weighted by atomic mass is 14.7. The Bertz CT molecular complexity index is 800. The van der Waals surface area contributed by atoms with Crippen molar-refractivity contribution in [2.75, 3.05) is 0 Å². The largest absolute Gasteiger partial charge is 0.248 e. The minimum atomic E-state index is 1.07. The van der Waals surface area contributed by atoms with E-state index in [2.05, 4.69) is 70.2 Å². The number of nitrogens with zero attached hydrogens (tertiary/aromatic N) is 1. The SMILES string of the molecule is Cc1ccc2c(C)cc(-c3cccc(C)c3C)nc2c1. The van der Waals surface area contributed by atoms with E-state index in [-0.39, 0.29) is 0 Å². The van der Waals surface area contributed by atoms with Crippen LogP contribution in [0, 0.1) is 27.7 Å². The molecular formula is C19H19N. The highest BCUT2D eigenvalue weighted by Crippen LogP contribution is 2.28. The quantitative estimate of drug-likeness (QED) is 0.591. The second-order valence-corrected chi connectivity index (χ2v) is 5.59. The van der Waals surface area contributed by atoms with Gasteiger partial charge in [-0.05, 0) is 62.1 Å². The van der Waals surface area contributed by atoms with Crippen LogP contribution in [-0.4, -0.2) is 4.98 Å². The fourth-order valence-corrected chi connectivity index (χ4v) is 2.68. The molecule has 0 aliphatic carbocycles. The molecule has 0 bridgehead atoms. The number of pyridine rings is 1. The average molecular weight is 261 g/mol. The Kier molecular flexibility index (Phi) is 3.06. The predicted molar refractivity (Wildman–Crippen MR) is 86.1 cm³/mol. The molecule has 0 N–H and O–H groups in total. The molecule has 0 aliphatic heterocycles. The Morgan fingerprint density at radius 3 is 2.40 bits per heavy atom. The van der Waals surface area contributed by atoms with E-state index < -0.39 is 0 Å². The van der Waals surface area contributed by atoms with Crippen LogP contribution in [0.5, 0.6) is 0 Å². The van der Waals surface area contributed by atoms with Crippen LogP contribution in [0.2, 0.25) is 0 Å². The van der Waals surface area contributed by atoms with Gasteiger partial charge in [0.05, 0.1) is 11.2 Å². The van der Waals surface area contributed by atoms with Gasteiger partial charge in [0.15, 0.2) is 0 Å². The van der Waals surface area contributed by atoms with Gasteiger partial charge in [-0.2, -0.15) is 0 Å². The Morgan fingerprint density at radius 2 is 1.60 bits per heavy atom. The molecule has 3 rings (SSSR count). The van der Waals surface area contributed by atoms with Gasteiger partial charge in [0.1, 0.15) is 0 Å². The third-order valence-corrected chi connectivity index (χ3v) is 4.05. The van der Waals surface area contributed by atoms with Gasteiger partial charge in [0, 0.05) is 10.9 Å². The highest BCUT2D eigenvalue weighted by Gasteiger charge is 2.08. The molecule has 2 aromatic carbocycles. The molecule has 1 heterocycles. The summed E-state index contributed by atoms with van der Waals surface area (Å²) >= 11 is 0. The molecule has 1 nitrogen and oxygen atoms in total. The third kappa shape index (κ3) is 2.09. The summed E-state index contributed by atoms with van der Waals surface area (Å²) in [4.78, 5) is 4.87. The standard InChI is InChI=1S/C19H19N/c1-12-8-9-16-14(3)11-19(20-18(16)10-12)17-7-5-6-13(2)15(17)4/h5-11H,1-4H3. The van der Waals surface area contributed by atoms with Gasteiger partial charge in [-0.25, -0.2) is 4.98 Å². The van der Waals surface area contributed by atoms with Crippen molar-refractivity contribution >= 4 is 10.9 Å². The summed E-state index contributed by atoms with van der Waals surface area (Å²) in [5.74, 6) is 0. The monoisotopic (exact) mass is 261 g/mol. The molecule has 0 spiro atoms. The van der Waals surface area contributed by atoms with Crippen molar-refractivity contribution in [2.45, 2.75) is 27.7 Å². The molecule has 0 aliphatic rings. The van der Waals surface area contributed by atoms with E-state index in [1.54, 1.807) is 0 Å². The lowest BCUT2D eigenvalue weighted by Crippen LogP contribution is -1.93. The number of hydrogen-bond donors (Lipinski definition) is 0. The molecular weight excluding hydrogens is 242 g/mol. The average Bonchev–Trinajstić information content (AvgIpc) is 2.41. The third-order valence-electron chi connectivity index (χ3n) is 4.05. The normalized spacial score (nSPS) is 11.0. The number of aromatic nitrogens is 1. The summed E-state index contributed by atoms with van der Waals surface area (Å²) in [5.41, 5.74) is 8.55. The Hall–Kier alpha value is -2.15. The van der Waals surface area contributed by atoms with E-state index in [4.69, 9.17) is 4.98 Å². The van der Waals surface area contributed by atoms with E-state index in [0.29, 0.717) is 0 Å². The van der Waals surface area contributed by atoms with E-state index >= 15 is 0 Å². The molecule has 0 atom stereocenters. The Labute approximate surface area is 120 Å². The van der Waals surface area contributed by atoms with Crippen molar-refractivity contribution in [3.63, 3.8) is 0 Å². The van der Waals surface area contributed by atoms with Gasteiger partial charge < -0.3 is 0 Å². The first-order valence-electron chi connectivity index (χ1n) is 7.01. The summed E-state index contributed by atoms with van der Waals surface area (Å²) in [6.45, 7) is 8.59. The van der Waals surface area contributed by atoms with Gasteiger partial charge in [-0.1, -0.05) is 30.3 Å². The van der Waals surface area contributed by atoms with Crippen LogP contribution in [0.3, 0.4) is 0 Å². The van der Waals surface area contributed by atoms with Crippen molar-refractivity contribution < 1.29 is 0 Å². The van der Waals surface area contributed by atoms with Gasteiger partial charge in [0.2, 0.25) is 0 Å². The van der Waals surface area contributed by atoms with E-state index in [0.717, 1.165) is 11.2 Å². The van der Waals surface area contributed by atoms with Crippen LogP contribution >= 0.6 is 0 Å². The zero-order valence-electron chi connectivity index (χ0n) is 12.5. The molecule has 3 aromatic rings. The maximum Gasteiger partial charge on any atom is 0.0715 e. The van der Waals surface area contributed by atoms with Crippen LogP contribution in [0.4, 0.5) is 0 Å². The van der Waals surface area contributed by atoms with Crippen molar-refractivity contribution in [2.24, 2.45) is 0 Å². The molecule has 100 valence electrons. The van der Waals surface area contributed by atoms with Gasteiger partial charge in [-0.3, -0.25) is 0 Å². The summed E-state index contributed by atoms with van der Waals surface area (Å²) in [7, 11) is 0. The van der Waals surface area contributed by atoms with E-state index in [9.17, 15) is 0 Å². The second-order valence-electron chi connectivity index (χ2n) is 5.59. The molecule has 0 amide bonds. The zero-order chi connectivity index (χ0) is 14.3. The molecule has 0 saturated carbocycles. The number of fused-ring (bicyclic) bond motifs is 1. The zero-order valence-corrected chi connectivity index (χ0v) is 12.5. The van der Waals surface area contributed by atoms with Gasteiger partial charge in [-0.15, -0.1) is 0 Å². The molecule has 0 saturated heterocycles. The molecule has 0 unspecified atom stereocenters. The molecule has 1 aromatic heterocycles. The van der Waals surface area contributed by atoms with Gasteiger partial charge >= 0.3 is 0 Å². The maximum absolute atomic E-state index is 4.87.